The highest BCUT2D eigenvalue weighted by Crippen LogP contribution is 2.36. The van der Waals surface area contributed by atoms with E-state index in [9.17, 15) is 9.90 Å². The number of nitrogens with zero attached hydrogens (tertiary/aromatic N) is 1. The van der Waals surface area contributed by atoms with E-state index in [0.717, 1.165) is 45.4 Å². The van der Waals surface area contributed by atoms with Gasteiger partial charge in [0.25, 0.3) is 5.91 Å². The van der Waals surface area contributed by atoms with Gasteiger partial charge < -0.3 is 24.6 Å². The minimum atomic E-state index is -0.471. The molecule has 2 N–H and O–H groups in total. The van der Waals surface area contributed by atoms with Crippen molar-refractivity contribution in [3.05, 3.63) is 22.7 Å². The molecule has 0 radical (unpaired) electrons. The van der Waals surface area contributed by atoms with Gasteiger partial charge in [0.2, 0.25) is 0 Å². The maximum atomic E-state index is 12.8. The van der Waals surface area contributed by atoms with E-state index < -0.39 is 6.10 Å². The zero-order valence-corrected chi connectivity index (χ0v) is 17.3. The van der Waals surface area contributed by atoms with Crippen LogP contribution in [0.5, 0.6) is 11.5 Å². The molecule has 0 aromatic heterocycles. The molecule has 2 saturated heterocycles. The zero-order valence-electron chi connectivity index (χ0n) is 16.6. The Labute approximate surface area is 176 Å². The summed E-state index contributed by atoms with van der Waals surface area (Å²) in [5.74, 6) is 0.705. The van der Waals surface area contributed by atoms with E-state index in [1.54, 1.807) is 12.1 Å². The van der Waals surface area contributed by atoms with Gasteiger partial charge in [0.15, 0.2) is 11.5 Å². The van der Waals surface area contributed by atoms with Crippen molar-refractivity contribution in [3.63, 3.8) is 0 Å². The third-order valence-corrected chi connectivity index (χ3v) is 6.09. The smallest absolute Gasteiger partial charge is 0.255 e. The number of halogens is 1. The fraction of sp³-hybridized carbons (Fsp3) is 0.667. The number of aliphatic hydroxyl groups is 1. The van der Waals surface area contributed by atoms with Crippen LogP contribution in [0.2, 0.25) is 5.02 Å². The summed E-state index contributed by atoms with van der Waals surface area (Å²) in [7, 11) is 0. The highest BCUT2D eigenvalue weighted by Gasteiger charge is 2.30. The number of piperidine rings is 1. The lowest BCUT2D eigenvalue weighted by atomic mass is 9.93. The van der Waals surface area contributed by atoms with Gasteiger partial charge in [-0.15, -0.1) is 0 Å². The number of benzene rings is 1. The minimum absolute atomic E-state index is 0.0228. The molecule has 3 aliphatic heterocycles. The molecule has 0 bridgehead atoms. The van der Waals surface area contributed by atoms with Crippen LogP contribution in [0, 0.1) is 5.92 Å². The monoisotopic (exact) mass is 424 g/mol. The van der Waals surface area contributed by atoms with Crippen LogP contribution in [0.15, 0.2) is 12.1 Å². The Morgan fingerprint density at radius 2 is 2.07 bits per heavy atom. The van der Waals surface area contributed by atoms with Gasteiger partial charge in [-0.3, -0.25) is 9.69 Å². The summed E-state index contributed by atoms with van der Waals surface area (Å²) >= 11 is 6.17. The summed E-state index contributed by atoms with van der Waals surface area (Å²) in [6, 6.07) is 3.28. The van der Waals surface area contributed by atoms with Crippen LogP contribution < -0.4 is 14.8 Å². The Kier molecular flexibility index (Phi) is 6.80. The second-order valence-electron chi connectivity index (χ2n) is 8.05. The molecule has 0 saturated carbocycles. The number of fused-ring (bicyclic) bond motifs is 1. The number of hydrogen-bond donors (Lipinski definition) is 2. The first-order valence-corrected chi connectivity index (χ1v) is 10.9. The summed E-state index contributed by atoms with van der Waals surface area (Å²) in [5.41, 5.74) is 0.375. The number of rotatable bonds is 5. The number of nitrogens with one attached hydrogen (secondary N) is 1. The largest absolute Gasteiger partial charge is 0.489 e. The van der Waals surface area contributed by atoms with E-state index >= 15 is 0 Å². The second kappa shape index (κ2) is 9.51. The molecule has 3 unspecified atom stereocenters. The highest BCUT2D eigenvalue weighted by molar-refractivity contribution is 6.31. The molecular weight excluding hydrogens is 396 g/mol. The average molecular weight is 425 g/mol. The van der Waals surface area contributed by atoms with Crippen molar-refractivity contribution in [2.24, 2.45) is 5.92 Å². The van der Waals surface area contributed by atoms with Gasteiger partial charge in [-0.25, -0.2) is 0 Å². The number of ether oxygens (including phenoxy) is 3. The van der Waals surface area contributed by atoms with Crippen LogP contribution in [0.1, 0.15) is 36.0 Å². The Bertz CT molecular complexity index is 725. The van der Waals surface area contributed by atoms with Crippen LogP contribution in [-0.2, 0) is 4.74 Å². The van der Waals surface area contributed by atoms with Crippen molar-refractivity contribution < 1.29 is 24.1 Å². The number of likely N-dealkylation sites (tertiary alicyclic amines) is 1. The van der Waals surface area contributed by atoms with E-state index in [4.69, 9.17) is 25.8 Å². The van der Waals surface area contributed by atoms with E-state index in [2.05, 4.69) is 10.2 Å². The zero-order chi connectivity index (χ0) is 20.2. The molecule has 7 nitrogen and oxygen atoms in total. The molecule has 0 aliphatic carbocycles. The predicted molar refractivity (Wildman–Crippen MR) is 109 cm³/mol. The lowest BCUT2D eigenvalue weighted by Crippen LogP contribution is -2.49. The van der Waals surface area contributed by atoms with Gasteiger partial charge in [-0.05, 0) is 31.9 Å². The van der Waals surface area contributed by atoms with Crippen LogP contribution in [0.4, 0.5) is 0 Å². The molecule has 0 spiro atoms. The van der Waals surface area contributed by atoms with Crippen molar-refractivity contribution in [2.75, 3.05) is 46.0 Å². The molecule has 8 heteroatoms. The fourth-order valence-electron chi connectivity index (χ4n) is 4.25. The molecule has 1 aromatic rings. The number of β-amino-alcohol motifs (C(OH)–C–C–N with tert-alkyl or cyclic N) is 1. The first kappa shape index (κ1) is 20.7. The molecular formula is C21H29ClN2O5. The topological polar surface area (TPSA) is 80.3 Å². The van der Waals surface area contributed by atoms with E-state index in [0.29, 0.717) is 54.5 Å². The summed E-state index contributed by atoms with van der Waals surface area (Å²) < 4.78 is 17.1. The lowest BCUT2D eigenvalue weighted by Gasteiger charge is -2.37. The number of carbonyl (C=O) groups is 1. The Morgan fingerprint density at radius 1 is 1.21 bits per heavy atom. The second-order valence-corrected chi connectivity index (χ2v) is 8.49. The van der Waals surface area contributed by atoms with Crippen LogP contribution >= 0.6 is 11.6 Å². The number of aliphatic hydroxyl groups excluding tert-OH is 1. The predicted octanol–water partition coefficient (Wildman–Crippen LogP) is 2.09. The van der Waals surface area contributed by atoms with E-state index in [1.807, 2.05) is 0 Å². The number of hydrogen-bond acceptors (Lipinski definition) is 6. The highest BCUT2D eigenvalue weighted by atomic mass is 35.5. The van der Waals surface area contributed by atoms with Gasteiger partial charge in [-0.1, -0.05) is 11.6 Å². The van der Waals surface area contributed by atoms with Crippen molar-refractivity contribution >= 4 is 17.5 Å². The van der Waals surface area contributed by atoms with Gasteiger partial charge >= 0.3 is 0 Å². The van der Waals surface area contributed by atoms with Gasteiger partial charge in [0.05, 0.1) is 31.0 Å². The molecule has 160 valence electrons. The molecule has 29 heavy (non-hydrogen) atoms. The van der Waals surface area contributed by atoms with Crippen molar-refractivity contribution in [2.45, 2.75) is 37.9 Å². The Balaban J connectivity index is 1.32. The maximum absolute atomic E-state index is 12.8. The third-order valence-electron chi connectivity index (χ3n) is 5.87. The Morgan fingerprint density at radius 3 is 2.86 bits per heavy atom. The summed E-state index contributed by atoms with van der Waals surface area (Å²) in [4.78, 5) is 15.1. The van der Waals surface area contributed by atoms with Crippen LogP contribution in [0.25, 0.3) is 0 Å². The fourth-order valence-corrected chi connectivity index (χ4v) is 4.46. The van der Waals surface area contributed by atoms with Crippen molar-refractivity contribution in [3.8, 4) is 11.5 Å². The van der Waals surface area contributed by atoms with E-state index in [1.165, 1.54) is 0 Å². The van der Waals surface area contributed by atoms with Crippen molar-refractivity contribution in [1.82, 2.24) is 10.2 Å². The third kappa shape index (κ3) is 5.15. The number of carbonyl (C=O) groups excluding carboxylic acids is 1. The first-order valence-electron chi connectivity index (χ1n) is 10.5. The van der Waals surface area contributed by atoms with Crippen molar-refractivity contribution in [1.29, 1.82) is 0 Å². The molecule has 1 aromatic carbocycles. The molecule has 3 aliphatic rings. The molecule has 2 fully saturated rings. The maximum Gasteiger partial charge on any atom is 0.255 e. The standard InChI is InChI=1S/C21H29ClN2O5/c22-15-9-17(20-19(10-15)28-7-2-8-29-20)21(26)23-11-14-4-5-24(13-18(14)25)12-16-3-1-6-27-16/h9-10,14,16,18,25H,1-8,11-13H2,(H,23,26). The summed E-state index contributed by atoms with van der Waals surface area (Å²) in [5, 5.41) is 14.0. The van der Waals surface area contributed by atoms with Gasteiger partial charge in [0, 0.05) is 49.7 Å². The Hall–Kier alpha value is -1.54. The quantitative estimate of drug-likeness (QED) is 0.753. The van der Waals surface area contributed by atoms with Crippen LogP contribution in [-0.4, -0.2) is 74.1 Å². The minimum Gasteiger partial charge on any atom is -0.489 e. The van der Waals surface area contributed by atoms with Gasteiger partial charge in [-0.2, -0.15) is 0 Å². The molecule has 1 amide bonds. The molecule has 3 atom stereocenters. The normalized spacial score (nSPS) is 27.4. The van der Waals surface area contributed by atoms with Gasteiger partial charge in [0.1, 0.15) is 0 Å². The lowest BCUT2D eigenvalue weighted by molar-refractivity contribution is -0.00191. The molecule has 4 rings (SSSR count). The van der Waals surface area contributed by atoms with E-state index in [-0.39, 0.29) is 11.8 Å². The van der Waals surface area contributed by atoms with Crippen LogP contribution in [0.3, 0.4) is 0 Å². The first-order chi connectivity index (χ1) is 14.1. The SMILES string of the molecule is O=C(NCC1CCN(CC2CCCO2)CC1O)c1cc(Cl)cc2c1OCCCO2. The molecule has 3 heterocycles. The summed E-state index contributed by atoms with van der Waals surface area (Å²) in [6.07, 6.45) is 3.63. The number of amides is 1. The summed E-state index contributed by atoms with van der Waals surface area (Å²) in [6.45, 7) is 4.68. The average Bonchev–Trinajstić information content (AvgIpc) is 3.09.